The lowest BCUT2D eigenvalue weighted by Gasteiger charge is -2.24. The first-order chi connectivity index (χ1) is 11.9. The maximum atomic E-state index is 4.90. The molecule has 4 nitrogen and oxygen atoms in total. The number of hydrogen-bond donors (Lipinski definition) is 0. The smallest absolute Gasteiger partial charge is 0.245 e. The molecule has 132 valence electrons. The van der Waals surface area contributed by atoms with Crippen molar-refractivity contribution in [2.24, 2.45) is 0 Å². The minimum absolute atomic E-state index is 0.840. The lowest BCUT2D eigenvalue weighted by atomic mass is 9.99. The predicted molar refractivity (Wildman–Crippen MR) is 100 cm³/mol. The number of rotatable bonds is 2. The van der Waals surface area contributed by atoms with E-state index >= 15 is 0 Å². The summed E-state index contributed by atoms with van der Waals surface area (Å²) < 4.78 is 0. The van der Waals surface area contributed by atoms with Crippen LogP contribution >= 0.6 is 0 Å². The number of nitrogens with zero attached hydrogens (tertiary/aromatic N) is 4. The van der Waals surface area contributed by atoms with Gasteiger partial charge in [-0.2, -0.15) is 5.10 Å². The van der Waals surface area contributed by atoms with E-state index < -0.39 is 0 Å². The first kappa shape index (κ1) is 17.4. The third-order valence-corrected chi connectivity index (χ3v) is 5.31. The summed E-state index contributed by atoms with van der Waals surface area (Å²) in [5.41, 5.74) is 2.45. The maximum Gasteiger partial charge on any atom is 0.245 e. The van der Waals surface area contributed by atoms with Crippen LogP contribution in [-0.4, -0.2) is 28.3 Å². The van der Waals surface area contributed by atoms with Crippen molar-refractivity contribution in [2.75, 3.05) is 18.0 Å². The minimum atomic E-state index is 0.840. The molecule has 1 aliphatic carbocycles. The molecule has 0 bridgehead atoms. The van der Waals surface area contributed by atoms with E-state index in [2.05, 4.69) is 21.2 Å². The molecule has 2 aliphatic rings. The number of allylic oxidation sites excluding steroid dienone is 2. The molecule has 0 unspecified atom stereocenters. The third-order valence-electron chi connectivity index (χ3n) is 5.31. The van der Waals surface area contributed by atoms with Crippen LogP contribution in [0.4, 0.5) is 5.95 Å². The highest BCUT2D eigenvalue weighted by molar-refractivity contribution is 5.62. The largest absolute Gasteiger partial charge is 0.340 e. The molecule has 0 spiro atoms. The van der Waals surface area contributed by atoms with Crippen molar-refractivity contribution in [1.29, 1.82) is 0 Å². The molecule has 24 heavy (non-hydrogen) atoms. The van der Waals surface area contributed by atoms with Crippen molar-refractivity contribution in [3.8, 4) is 0 Å². The fourth-order valence-electron chi connectivity index (χ4n) is 3.81. The second-order valence-corrected chi connectivity index (χ2v) is 7.29. The summed E-state index contributed by atoms with van der Waals surface area (Å²) in [6.07, 6.45) is 21.2. The zero-order chi connectivity index (χ0) is 16.5. The van der Waals surface area contributed by atoms with Gasteiger partial charge in [-0.15, -0.1) is 5.10 Å². The number of aromatic nitrogens is 3. The second-order valence-electron chi connectivity index (χ2n) is 7.29. The maximum absolute atomic E-state index is 4.90. The van der Waals surface area contributed by atoms with Crippen LogP contribution < -0.4 is 4.90 Å². The van der Waals surface area contributed by atoms with Crippen LogP contribution in [0, 0.1) is 0 Å². The Hall–Kier alpha value is -1.45. The van der Waals surface area contributed by atoms with Gasteiger partial charge in [0.15, 0.2) is 0 Å². The molecule has 1 fully saturated rings. The van der Waals surface area contributed by atoms with Gasteiger partial charge in [0, 0.05) is 13.1 Å². The highest BCUT2D eigenvalue weighted by atomic mass is 15.3. The normalized spacial score (nSPS) is 21.5. The Balaban J connectivity index is 1.73. The number of anilines is 1. The zero-order valence-electron chi connectivity index (χ0n) is 15.1. The van der Waals surface area contributed by atoms with Crippen molar-refractivity contribution in [1.82, 2.24) is 15.2 Å². The molecular weight excluding hydrogens is 296 g/mol. The molecule has 0 radical (unpaired) electrons. The molecule has 0 atom stereocenters. The van der Waals surface area contributed by atoms with Gasteiger partial charge in [-0.1, -0.05) is 51.0 Å². The quantitative estimate of drug-likeness (QED) is 0.752. The first-order valence-corrected chi connectivity index (χ1v) is 10.1. The van der Waals surface area contributed by atoms with Crippen molar-refractivity contribution < 1.29 is 0 Å². The molecule has 1 aromatic rings. The third kappa shape index (κ3) is 5.29. The lowest BCUT2D eigenvalue weighted by Crippen LogP contribution is -2.29. The summed E-state index contributed by atoms with van der Waals surface area (Å²) in [6, 6.07) is 0. The standard InChI is InChI=1S/C20H32N4/c1-2-5-9-13-18(14-10-6-3-1)19-17-21-23-20(22-19)24-15-11-7-4-8-12-16-24/h13,17H,1-12,14-16H2. The molecule has 0 N–H and O–H groups in total. The molecule has 3 rings (SSSR count). The molecular formula is C20H32N4. The Morgan fingerprint density at radius 2 is 1.42 bits per heavy atom. The second kappa shape index (κ2) is 9.75. The van der Waals surface area contributed by atoms with E-state index in [1.54, 1.807) is 0 Å². The van der Waals surface area contributed by atoms with Gasteiger partial charge < -0.3 is 4.90 Å². The van der Waals surface area contributed by atoms with Crippen LogP contribution in [-0.2, 0) is 0 Å². The summed E-state index contributed by atoms with van der Waals surface area (Å²) >= 11 is 0. The Bertz CT molecular complexity index is 518. The van der Waals surface area contributed by atoms with Gasteiger partial charge in [-0.25, -0.2) is 4.98 Å². The van der Waals surface area contributed by atoms with Gasteiger partial charge >= 0.3 is 0 Å². The van der Waals surface area contributed by atoms with Crippen LogP contribution in [0.1, 0.15) is 89.2 Å². The summed E-state index contributed by atoms with van der Waals surface area (Å²) in [4.78, 5) is 7.25. The molecule has 0 saturated carbocycles. The van der Waals surface area contributed by atoms with E-state index in [-0.39, 0.29) is 0 Å². The van der Waals surface area contributed by atoms with Crippen LogP contribution in [0.15, 0.2) is 12.3 Å². The molecule has 4 heteroatoms. The van der Waals surface area contributed by atoms with Crippen LogP contribution in [0.3, 0.4) is 0 Å². The Morgan fingerprint density at radius 3 is 2.21 bits per heavy atom. The molecule has 0 amide bonds. The van der Waals surface area contributed by atoms with Crippen LogP contribution in [0.5, 0.6) is 0 Å². The van der Waals surface area contributed by atoms with Crippen molar-refractivity contribution in [2.45, 2.75) is 83.5 Å². The van der Waals surface area contributed by atoms with E-state index in [1.165, 1.54) is 82.6 Å². The van der Waals surface area contributed by atoms with Crippen LogP contribution in [0.25, 0.3) is 5.57 Å². The Labute approximate surface area is 146 Å². The van der Waals surface area contributed by atoms with Crippen LogP contribution in [0.2, 0.25) is 0 Å². The highest BCUT2D eigenvalue weighted by Crippen LogP contribution is 2.24. The summed E-state index contributed by atoms with van der Waals surface area (Å²) in [7, 11) is 0. The first-order valence-electron chi connectivity index (χ1n) is 10.1. The molecule has 0 aromatic carbocycles. The topological polar surface area (TPSA) is 41.9 Å². The summed E-state index contributed by atoms with van der Waals surface area (Å²) in [5.74, 6) is 0.840. The minimum Gasteiger partial charge on any atom is -0.340 e. The molecule has 2 heterocycles. The Kier molecular flexibility index (Phi) is 7.06. The molecule has 1 saturated heterocycles. The monoisotopic (exact) mass is 328 g/mol. The van der Waals surface area contributed by atoms with Gasteiger partial charge in [0.2, 0.25) is 5.95 Å². The summed E-state index contributed by atoms with van der Waals surface area (Å²) in [6.45, 7) is 2.15. The van der Waals surface area contributed by atoms with Crippen molar-refractivity contribution in [3.05, 3.63) is 18.0 Å². The van der Waals surface area contributed by atoms with Crippen molar-refractivity contribution >= 4 is 11.5 Å². The summed E-state index contributed by atoms with van der Waals surface area (Å²) in [5, 5.41) is 8.63. The van der Waals surface area contributed by atoms with Gasteiger partial charge in [-0.3, -0.25) is 0 Å². The van der Waals surface area contributed by atoms with Gasteiger partial charge in [0.1, 0.15) is 0 Å². The van der Waals surface area contributed by atoms with Gasteiger partial charge in [0.05, 0.1) is 11.9 Å². The SMILES string of the molecule is C1=C(c2cnnc(N3CCCCCCC3)n2)CCCCCCCC1. The van der Waals surface area contributed by atoms with E-state index in [4.69, 9.17) is 4.98 Å². The van der Waals surface area contributed by atoms with E-state index in [1.807, 2.05) is 6.20 Å². The van der Waals surface area contributed by atoms with E-state index in [9.17, 15) is 0 Å². The van der Waals surface area contributed by atoms with E-state index in [0.29, 0.717) is 0 Å². The zero-order valence-corrected chi connectivity index (χ0v) is 15.1. The lowest BCUT2D eigenvalue weighted by molar-refractivity contribution is 0.548. The number of hydrogen-bond acceptors (Lipinski definition) is 4. The molecule has 1 aromatic heterocycles. The fourth-order valence-corrected chi connectivity index (χ4v) is 3.81. The fraction of sp³-hybridized carbons (Fsp3) is 0.750. The molecule has 1 aliphatic heterocycles. The van der Waals surface area contributed by atoms with Crippen molar-refractivity contribution in [3.63, 3.8) is 0 Å². The van der Waals surface area contributed by atoms with E-state index in [0.717, 1.165) is 31.2 Å². The highest BCUT2D eigenvalue weighted by Gasteiger charge is 2.14. The predicted octanol–water partition coefficient (Wildman–Crippen LogP) is 5.16. The van der Waals surface area contributed by atoms with Gasteiger partial charge in [0.25, 0.3) is 0 Å². The van der Waals surface area contributed by atoms with Gasteiger partial charge in [-0.05, 0) is 44.1 Å². The average molecular weight is 329 g/mol. The Morgan fingerprint density at radius 1 is 0.750 bits per heavy atom. The average Bonchev–Trinajstić information content (AvgIpc) is 2.59.